The summed E-state index contributed by atoms with van der Waals surface area (Å²) < 4.78 is 0. The largest absolute Gasteiger partial charge is 0.274 e. The van der Waals surface area contributed by atoms with E-state index in [0.29, 0.717) is 23.6 Å². The van der Waals surface area contributed by atoms with Crippen molar-refractivity contribution in [1.29, 1.82) is 0 Å². The molecule has 110 valence electrons. The van der Waals surface area contributed by atoms with Gasteiger partial charge >= 0.3 is 0 Å². The van der Waals surface area contributed by atoms with Crippen LogP contribution in [0.1, 0.15) is 12.8 Å². The molecule has 1 fully saturated rings. The monoisotopic (exact) mass is 311 g/mol. The van der Waals surface area contributed by atoms with E-state index >= 15 is 0 Å². The Bertz CT molecular complexity index is 827. The highest BCUT2D eigenvalue weighted by Crippen LogP contribution is 2.41. The van der Waals surface area contributed by atoms with E-state index in [-0.39, 0.29) is 23.7 Å². The molecule has 0 saturated carbocycles. The fourth-order valence-corrected chi connectivity index (χ4v) is 3.65. The Morgan fingerprint density at radius 1 is 0.955 bits per heavy atom. The summed E-state index contributed by atoms with van der Waals surface area (Å²) in [5.74, 6) is -0.805. The van der Waals surface area contributed by atoms with Gasteiger partial charge in [0, 0.05) is 5.03 Å². The number of rotatable bonds is 1. The number of fused-ring (bicyclic) bond motifs is 2. The molecule has 2 amide bonds. The van der Waals surface area contributed by atoms with Gasteiger partial charge in [-0.2, -0.15) is 0 Å². The Balaban J connectivity index is 1.75. The highest BCUT2D eigenvalue weighted by Gasteiger charge is 2.48. The summed E-state index contributed by atoms with van der Waals surface area (Å²) in [4.78, 5) is 26.6. The van der Waals surface area contributed by atoms with Crippen LogP contribution in [0.15, 0.2) is 53.6 Å². The minimum atomic E-state index is -0.309. The number of benzene rings is 2. The number of anilines is 1. The van der Waals surface area contributed by atoms with Crippen LogP contribution < -0.4 is 4.90 Å². The molecule has 3 nitrogen and oxygen atoms in total. The maximum atomic E-state index is 12.7. The summed E-state index contributed by atoms with van der Waals surface area (Å²) in [6.07, 6.45) is 2.89. The third-order valence-corrected chi connectivity index (χ3v) is 4.87. The molecule has 4 heteroatoms. The fourth-order valence-electron chi connectivity index (χ4n) is 3.40. The minimum Gasteiger partial charge on any atom is -0.274 e. The standard InChI is InChI=1S/C18H14ClNO2/c19-13-6-8-15-16(10-13)18(22)20(17(15)21)14-7-5-11-3-1-2-4-12(11)9-14/h1-7,9,15-16H,8,10H2/t15-,16-/m1/s1. The second-order valence-electron chi connectivity index (χ2n) is 5.85. The Morgan fingerprint density at radius 3 is 2.50 bits per heavy atom. The van der Waals surface area contributed by atoms with E-state index in [4.69, 9.17) is 11.6 Å². The number of halogens is 1. The number of amides is 2. The summed E-state index contributed by atoms with van der Waals surface area (Å²) in [7, 11) is 0. The molecule has 0 aromatic heterocycles. The van der Waals surface area contributed by atoms with Crippen LogP contribution in [-0.2, 0) is 9.59 Å². The van der Waals surface area contributed by atoms with Crippen molar-refractivity contribution in [3.05, 3.63) is 53.6 Å². The van der Waals surface area contributed by atoms with Gasteiger partial charge in [0.05, 0.1) is 17.5 Å². The van der Waals surface area contributed by atoms with Gasteiger partial charge in [-0.25, -0.2) is 0 Å². The lowest BCUT2D eigenvalue weighted by molar-refractivity contribution is -0.122. The molecule has 2 aliphatic rings. The van der Waals surface area contributed by atoms with Crippen molar-refractivity contribution in [3.8, 4) is 0 Å². The molecule has 2 atom stereocenters. The van der Waals surface area contributed by atoms with E-state index in [0.717, 1.165) is 10.8 Å². The second kappa shape index (κ2) is 4.96. The van der Waals surface area contributed by atoms with Crippen LogP contribution in [0.4, 0.5) is 5.69 Å². The highest BCUT2D eigenvalue weighted by atomic mass is 35.5. The lowest BCUT2D eigenvalue weighted by Gasteiger charge is -2.17. The van der Waals surface area contributed by atoms with Crippen LogP contribution in [0, 0.1) is 11.8 Å². The highest BCUT2D eigenvalue weighted by molar-refractivity contribution is 6.30. The molecular formula is C18H14ClNO2. The Morgan fingerprint density at radius 2 is 1.68 bits per heavy atom. The molecule has 4 rings (SSSR count). The van der Waals surface area contributed by atoms with Crippen molar-refractivity contribution < 1.29 is 9.59 Å². The van der Waals surface area contributed by atoms with Crippen LogP contribution in [0.2, 0.25) is 0 Å². The molecule has 2 aromatic carbocycles. The van der Waals surface area contributed by atoms with Crippen molar-refractivity contribution in [2.75, 3.05) is 4.90 Å². The Labute approximate surface area is 133 Å². The zero-order valence-corrected chi connectivity index (χ0v) is 12.6. The first-order valence-corrected chi connectivity index (χ1v) is 7.74. The van der Waals surface area contributed by atoms with Crippen LogP contribution in [-0.4, -0.2) is 11.8 Å². The van der Waals surface area contributed by atoms with Crippen LogP contribution in [0.25, 0.3) is 10.8 Å². The van der Waals surface area contributed by atoms with Gasteiger partial charge in [0.2, 0.25) is 11.8 Å². The quantitative estimate of drug-likeness (QED) is 0.750. The molecule has 2 aromatic rings. The third-order valence-electron chi connectivity index (χ3n) is 4.56. The van der Waals surface area contributed by atoms with Gasteiger partial charge in [0.1, 0.15) is 0 Å². The molecular weight excluding hydrogens is 298 g/mol. The second-order valence-corrected chi connectivity index (χ2v) is 6.33. The topological polar surface area (TPSA) is 37.4 Å². The zero-order valence-electron chi connectivity index (χ0n) is 11.8. The summed E-state index contributed by atoms with van der Waals surface area (Å²) in [6, 6.07) is 13.6. The normalized spacial score (nSPS) is 24.6. The maximum Gasteiger partial charge on any atom is 0.238 e. The molecule has 0 unspecified atom stereocenters. The van der Waals surface area contributed by atoms with E-state index < -0.39 is 0 Å². The van der Waals surface area contributed by atoms with Gasteiger partial charge in [-0.1, -0.05) is 48.0 Å². The van der Waals surface area contributed by atoms with Crippen LogP contribution in [0.3, 0.4) is 0 Å². The molecule has 0 spiro atoms. The molecule has 1 aliphatic carbocycles. The average molecular weight is 312 g/mol. The van der Waals surface area contributed by atoms with E-state index in [1.807, 2.05) is 48.5 Å². The van der Waals surface area contributed by atoms with Crippen LogP contribution >= 0.6 is 11.6 Å². The van der Waals surface area contributed by atoms with E-state index in [9.17, 15) is 9.59 Å². The number of hydrogen-bond acceptors (Lipinski definition) is 2. The van der Waals surface area contributed by atoms with Gasteiger partial charge in [0.25, 0.3) is 0 Å². The summed E-state index contributed by atoms with van der Waals surface area (Å²) in [6.45, 7) is 0. The first kappa shape index (κ1) is 13.5. The van der Waals surface area contributed by atoms with Gasteiger partial charge < -0.3 is 0 Å². The lowest BCUT2D eigenvalue weighted by atomic mass is 9.85. The van der Waals surface area contributed by atoms with Gasteiger partial charge in [0.15, 0.2) is 0 Å². The van der Waals surface area contributed by atoms with E-state index in [2.05, 4.69) is 0 Å². The van der Waals surface area contributed by atoms with Crippen molar-refractivity contribution in [2.45, 2.75) is 12.8 Å². The Hall–Kier alpha value is -2.13. The van der Waals surface area contributed by atoms with E-state index in [1.54, 1.807) is 0 Å². The number of carbonyl (C=O) groups is 2. The van der Waals surface area contributed by atoms with Crippen molar-refractivity contribution in [3.63, 3.8) is 0 Å². The molecule has 22 heavy (non-hydrogen) atoms. The minimum absolute atomic E-state index is 0.106. The predicted molar refractivity (Wildman–Crippen MR) is 86.6 cm³/mol. The molecule has 0 bridgehead atoms. The molecule has 1 saturated heterocycles. The van der Waals surface area contributed by atoms with Crippen molar-refractivity contribution in [2.24, 2.45) is 11.8 Å². The summed E-state index contributed by atoms with van der Waals surface area (Å²) >= 11 is 6.05. The number of nitrogens with zero attached hydrogens (tertiary/aromatic N) is 1. The van der Waals surface area contributed by atoms with Gasteiger partial charge in [-0.05, 0) is 35.7 Å². The van der Waals surface area contributed by atoms with E-state index in [1.165, 1.54) is 4.90 Å². The fraction of sp³-hybridized carbons (Fsp3) is 0.222. The third kappa shape index (κ3) is 1.97. The summed E-state index contributed by atoms with van der Waals surface area (Å²) in [5.41, 5.74) is 0.652. The zero-order chi connectivity index (χ0) is 15.3. The predicted octanol–water partition coefficient (Wildman–Crippen LogP) is 3.86. The molecule has 0 radical (unpaired) electrons. The first-order chi connectivity index (χ1) is 10.6. The van der Waals surface area contributed by atoms with Gasteiger partial charge in [-0.15, -0.1) is 0 Å². The lowest BCUT2D eigenvalue weighted by Crippen LogP contribution is -2.30. The van der Waals surface area contributed by atoms with Crippen molar-refractivity contribution in [1.82, 2.24) is 0 Å². The van der Waals surface area contributed by atoms with Crippen LogP contribution in [0.5, 0.6) is 0 Å². The molecule has 1 aliphatic heterocycles. The number of carbonyl (C=O) groups excluding carboxylic acids is 2. The first-order valence-electron chi connectivity index (χ1n) is 7.36. The molecule has 0 N–H and O–H groups in total. The number of hydrogen-bond donors (Lipinski definition) is 0. The SMILES string of the molecule is O=C1[C@@H]2CC=C(Cl)C[C@H]2C(=O)N1c1ccc2ccccc2c1. The smallest absolute Gasteiger partial charge is 0.238 e. The molecule has 1 heterocycles. The number of allylic oxidation sites excluding steroid dienone is 2. The average Bonchev–Trinajstić information content (AvgIpc) is 2.78. The summed E-state index contributed by atoms with van der Waals surface area (Å²) in [5, 5.41) is 2.79. The Kier molecular flexibility index (Phi) is 3.05. The van der Waals surface area contributed by atoms with Crippen molar-refractivity contribution >= 4 is 39.9 Å². The number of imide groups is 1. The maximum absolute atomic E-state index is 12.7. The van der Waals surface area contributed by atoms with Gasteiger partial charge in [-0.3, -0.25) is 14.5 Å².